The number of carbonyl (C=O) groups is 1. The molecule has 0 spiro atoms. The van der Waals surface area contributed by atoms with Gasteiger partial charge >= 0.3 is 0 Å². The van der Waals surface area contributed by atoms with Crippen LogP contribution in [0.4, 0.5) is 0 Å². The molecule has 1 fully saturated rings. The van der Waals surface area contributed by atoms with Crippen molar-refractivity contribution in [3.63, 3.8) is 0 Å². The third-order valence-corrected chi connectivity index (χ3v) is 4.22. The van der Waals surface area contributed by atoms with Crippen molar-refractivity contribution in [1.29, 1.82) is 0 Å². The fraction of sp³-hybridized carbons (Fsp3) is 0.333. The predicted molar refractivity (Wildman–Crippen MR) is 88.9 cm³/mol. The molecule has 122 valence electrons. The van der Waals surface area contributed by atoms with Crippen LogP contribution < -0.4 is 4.74 Å². The zero-order valence-electron chi connectivity index (χ0n) is 13.7. The monoisotopic (exact) mass is 322 g/mol. The first-order valence-electron chi connectivity index (χ1n) is 8.04. The molecule has 0 radical (unpaired) electrons. The number of carbonyl (C=O) groups excluding carboxylic acids is 1. The van der Waals surface area contributed by atoms with Crippen LogP contribution in [0.5, 0.6) is 5.75 Å². The smallest absolute Gasteiger partial charge is 0.163 e. The highest BCUT2D eigenvalue weighted by Gasteiger charge is 2.29. The van der Waals surface area contributed by atoms with Crippen LogP contribution in [0.1, 0.15) is 24.4 Å². The minimum absolute atomic E-state index is 0.229. The maximum atomic E-state index is 12.1. The predicted octanol–water partition coefficient (Wildman–Crippen LogP) is 2.63. The summed E-state index contributed by atoms with van der Waals surface area (Å²) in [4.78, 5) is 21.3. The van der Waals surface area contributed by atoms with Gasteiger partial charge in [-0.2, -0.15) is 4.52 Å². The van der Waals surface area contributed by atoms with Crippen LogP contribution in [0.3, 0.4) is 0 Å². The van der Waals surface area contributed by atoms with Crippen molar-refractivity contribution in [2.45, 2.75) is 26.2 Å². The summed E-state index contributed by atoms with van der Waals surface area (Å²) in [6, 6.07) is 9.49. The van der Waals surface area contributed by atoms with E-state index in [1.54, 1.807) is 11.6 Å². The second-order valence-electron chi connectivity index (χ2n) is 6.15. The lowest BCUT2D eigenvalue weighted by atomic mass is 10.1. The quantitative estimate of drug-likeness (QED) is 0.722. The lowest BCUT2D eigenvalue weighted by molar-refractivity contribution is -0.119. The highest BCUT2D eigenvalue weighted by atomic mass is 16.5. The molecule has 0 amide bonds. The minimum atomic E-state index is 0.229. The Morgan fingerprint density at radius 1 is 1.25 bits per heavy atom. The topological polar surface area (TPSA) is 69.4 Å². The van der Waals surface area contributed by atoms with E-state index in [-0.39, 0.29) is 11.7 Å². The first kappa shape index (κ1) is 14.8. The maximum absolute atomic E-state index is 12.1. The molecule has 0 saturated heterocycles. The summed E-state index contributed by atoms with van der Waals surface area (Å²) in [6.07, 6.45) is 2.38. The second kappa shape index (κ2) is 5.70. The molecule has 1 saturated carbocycles. The van der Waals surface area contributed by atoms with Gasteiger partial charge in [0.05, 0.1) is 12.8 Å². The molecular formula is C18H18N4O2. The molecule has 4 rings (SSSR count). The van der Waals surface area contributed by atoms with Crippen LogP contribution >= 0.6 is 0 Å². The van der Waals surface area contributed by atoms with E-state index in [4.69, 9.17) is 4.74 Å². The normalized spacial score (nSPS) is 14.1. The molecule has 6 heteroatoms. The number of ketones is 1. The molecule has 6 nitrogen and oxygen atoms in total. The van der Waals surface area contributed by atoms with Gasteiger partial charge in [0.25, 0.3) is 0 Å². The number of aryl methyl sites for hydroxylation is 1. The van der Waals surface area contributed by atoms with Gasteiger partial charge in [-0.15, -0.1) is 5.10 Å². The van der Waals surface area contributed by atoms with E-state index in [1.807, 2.05) is 37.3 Å². The third-order valence-electron chi connectivity index (χ3n) is 4.22. The largest absolute Gasteiger partial charge is 0.497 e. The average molecular weight is 322 g/mol. The fourth-order valence-electron chi connectivity index (χ4n) is 2.79. The standard InChI is InChI=1S/C18H18N4O2/c1-11-19-17-10-14(9-16(23)12-3-4-12)20-18(22(17)21-11)13-5-7-15(24-2)8-6-13/h5-8,10,12H,3-4,9H2,1-2H3. The molecule has 2 heterocycles. The molecule has 1 aliphatic carbocycles. The van der Waals surface area contributed by atoms with Crippen molar-refractivity contribution < 1.29 is 9.53 Å². The lowest BCUT2D eigenvalue weighted by Gasteiger charge is -2.08. The van der Waals surface area contributed by atoms with Gasteiger partial charge in [0.2, 0.25) is 0 Å². The van der Waals surface area contributed by atoms with E-state index in [1.165, 1.54) is 0 Å². The number of hydrogen-bond donors (Lipinski definition) is 0. The zero-order chi connectivity index (χ0) is 16.7. The van der Waals surface area contributed by atoms with Crippen molar-refractivity contribution in [3.8, 4) is 17.1 Å². The molecule has 2 aromatic heterocycles. The lowest BCUT2D eigenvalue weighted by Crippen LogP contribution is -2.09. The van der Waals surface area contributed by atoms with E-state index in [2.05, 4.69) is 15.1 Å². The molecule has 3 aromatic rings. The van der Waals surface area contributed by atoms with Gasteiger partial charge < -0.3 is 4.74 Å². The summed E-state index contributed by atoms with van der Waals surface area (Å²) < 4.78 is 6.93. The van der Waals surface area contributed by atoms with Crippen molar-refractivity contribution in [1.82, 2.24) is 19.6 Å². The second-order valence-corrected chi connectivity index (χ2v) is 6.15. The average Bonchev–Trinajstić information content (AvgIpc) is 3.36. The first-order valence-corrected chi connectivity index (χ1v) is 8.04. The Morgan fingerprint density at radius 3 is 2.67 bits per heavy atom. The summed E-state index contributed by atoms with van der Waals surface area (Å²) in [5, 5.41) is 4.43. The van der Waals surface area contributed by atoms with Crippen LogP contribution in [-0.4, -0.2) is 32.5 Å². The Labute approximate surface area is 139 Å². The van der Waals surface area contributed by atoms with Gasteiger partial charge in [0, 0.05) is 24.0 Å². The van der Waals surface area contributed by atoms with Gasteiger partial charge in [-0.3, -0.25) is 4.79 Å². The summed E-state index contributed by atoms with van der Waals surface area (Å²) >= 11 is 0. The molecule has 0 aliphatic heterocycles. The van der Waals surface area contributed by atoms with Gasteiger partial charge in [-0.1, -0.05) is 0 Å². The Morgan fingerprint density at radius 2 is 2.00 bits per heavy atom. The molecule has 1 aliphatic rings. The van der Waals surface area contributed by atoms with Crippen LogP contribution in [-0.2, 0) is 11.2 Å². The van der Waals surface area contributed by atoms with Crippen LogP contribution in [0, 0.1) is 12.8 Å². The molecular weight excluding hydrogens is 304 g/mol. The number of Topliss-reactive ketones (excluding diaryl/α,β-unsaturated/α-hetero) is 1. The third kappa shape index (κ3) is 2.75. The van der Waals surface area contributed by atoms with Crippen LogP contribution in [0.15, 0.2) is 30.3 Å². The summed E-state index contributed by atoms with van der Waals surface area (Å²) in [6.45, 7) is 1.85. The van der Waals surface area contributed by atoms with Crippen molar-refractivity contribution in [2.24, 2.45) is 5.92 Å². The Balaban J connectivity index is 1.79. The number of aromatic nitrogens is 4. The van der Waals surface area contributed by atoms with E-state index in [0.29, 0.717) is 23.7 Å². The fourth-order valence-corrected chi connectivity index (χ4v) is 2.79. The number of ether oxygens (including phenoxy) is 1. The van der Waals surface area contributed by atoms with E-state index < -0.39 is 0 Å². The molecule has 0 N–H and O–H groups in total. The van der Waals surface area contributed by atoms with Crippen molar-refractivity contribution in [3.05, 3.63) is 41.9 Å². The maximum Gasteiger partial charge on any atom is 0.163 e. The van der Waals surface area contributed by atoms with Gasteiger partial charge in [0.15, 0.2) is 11.5 Å². The number of rotatable bonds is 5. The number of fused-ring (bicyclic) bond motifs is 1. The van der Waals surface area contributed by atoms with E-state index in [0.717, 1.165) is 29.8 Å². The number of nitrogens with zero attached hydrogens (tertiary/aromatic N) is 4. The van der Waals surface area contributed by atoms with Crippen molar-refractivity contribution in [2.75, 3.05) is 7.11 Å². The Hall–Kier alpha value is -2.76. The van der Waals surface area contributed by atoms with Crippen LogP contribution in [0.2, 0.25) is 0 Å². The Bertz CT molecular complexity index is 911. The van der Waals surface area contributed by atoms with Gasteiger partial charge in [0.1, 0.15) is 17.4 Å². The number of hydrogen-bond acceptors (Lipinski definition) is 5. The summed E-state index contributed by atoms with van der Waals surface area (Å²) in [7, 11) is 1.64. The van der Waals surface area contributed by atoms with Gasteiger partial charge in [-0.25, -0.2) is 9.97 Å². The highest BCUT2D eigenvalue weighted by molar-refractivity contribution is 5.85. The first-order chi connectivity index (χ1) is 11.6. The van der Waals surface area contributed by atoms with Gasteiger partial charge in [-0.05, 0) is 44.0 Å². The molecule has 0 unspecified atom stereocenters. The highest BCUT2D eigenvalue weighted by Crippen LogP contribution is 2.31. The number of methoxy groups -OCH3 is 1. The van der Waals surface area contributed by atoms with E-state index >= 15 is 0 Å². The molecule has 0 bridgehead atoms. The van der Waals surface area contributed by atoms with E-state index in [9.17, 15) is 4.79 Å². The molecule has 24 heavy (non-hydrogen) atoms. The zero-order valence-corrected chi connectivity index (χ0v) is 13.7. The Kier molecular flexibility index (Phi) is 3.52. The minimum Gasteiger partial charge on any atom is -0.497 e. The molecule has 1 aromatic carbocycles. The summed E-state index contributed by atoms with van der Waals surface area (Å²) in [5.74, 6) is 2.65. The van der Waals surface area contributed by atoms with Crippen LogP contribution in [0.25, 0.3) is 17.0 Å². The SMILES string of the molecule is COc1ccc(-c2nc(CC(=O)C3CC3)cc3nc(C)nn23)cc1. The molecule has 0 atom stereocenters. The summed E-state index contributed by atoms with van der Waals surface area (Å²) in [5.41, 5.74) is 2.37. The van der Waals surface area contributed by atoms with Crippen molar-refractivity contribution >= 4 is 11.4 Å². The number of benzene rings is 1.